The summed E-state index contributed by atoms with van der Waals surface area (Å²) in [6.07, 6.45) is -1.90. The standard InChI is InChI=1S/C23H17F4N5O3/c24-12-15-3-2-13(10-17(15)20(28)34)11-18(33)30-21-19(22-29-8-1-9-32(22)31-21)14-4-6-16(7-5-14)35-23(25,26)27/h1-10H,11-12H2,(H2,28,34)(H,30,31,33). The van der Waals surface area contributed by atoms with Gasteiger partial charge in [0.2, 0.25) is 11.8 Å². The van der Waals surface area contributed by atoms with Gasteiger partial charge in [-0.05, 0) is 41.0 Å². The van der Waals surface area contributed by atoms with Gasteiger partial charge in [-0.15, -0.1) is 18.3 Å². The molecule has 2 amide bonds. The monoisotopic (exact) mass is 487 g/mol. The fraction of sp³-hybridized carbons (Fsp3) is 0.130. The molecule has 0 unspecified atom stereocenters. The SMILES string of the molecule is NC(=O)c1cc(CC(=O)Nc2nn3cccnc3c2-c2ccc(OC(F)(F)F)cc2)ccc1CF. The van der Waals surface area contributed by atoms with Crippen molar-refractivity contribution < 1.29 is 31.9 Å². The number of aromatic nitrogens is 3. The second-order valence-corrected chi connectivity index (χ2v) is 7.40. The van der Waals surface area contributed by atoms with Crippen LogP contribution < -0.4 is 15.8 Å². The molecule has 4 rings (SSSR count). The smallest absolute Gasteiger partial charge is 0.406 e. The summed E-state index contributed by atoms with van der Waals surface area (Å²) in [7, 11) is 0. The molecule has 2 aromatic heterocycles. The lowest BCUT2D eigenvalue weighted by molar-refractivity contribution is -0.274. The lowest BCUT2D eigenvalue weighted by Crippen LogP contribution is -2.17. The molecule has 0 saturated carbocycles. The first-order valence-corrected chi connectivity index (χ1v) is 10.1. The van der Waals surface area contributed by atoms with Crippen molar-refractivity contribution in [2.75, 3.05) is 5.32 Å². The van der Waals surface area contributed by atoms with Gasteiger partial charge in [0.25, 0.3) is 0 Å². The van der Waals surface area contributed by atoms with Crippen LogP contribution in [0.25, 0.3) is 16.8 Å². The fourth-order valence-corrected chi connectivity index (χ4v) is 3.50. The Labute approximate surface area is 195 Å². The van der Waals surface area contributed by atoms with Gasteiger partial charge in [0.1, 0.15) is 12.4 Å². The molecule has 0 saturated heterocycles. The van der Waals surface area contributed by atoms with Crippen molar-refractivity contribution in [3.63, 3.8) is 0 Å². The highest BCUT2D eigenvalue weighted by Crippen LogP contribution is 2.33. The topological polar surface area (TPSA) is 112 Å². The number of carbonyl (C=O) groups excluding carboxylic acids is 2. The molecule has 0 radical (unpaired) electrons. The minimum absolute atomic E-state index is 0.0171. The number of carbonyl (C=O) groups is 2. The van der Waals surface area contributed by atoms with E-state index in [1.807, 2.05) is 0 Å². The Kier molecular flexibility index (Phi) is 6.36. The zero-order valence-electron chi connectivity index (χ0n) is 17.8. The molecule has 12 heteroatoms. The molecular formula is C23H17F4N5O3. The van der Waals surface area contributed by atoms with Crippen LogP contribution in [0, 0.1) is 0 Å². The maximum absolute atomic E-state index is 13.1. The Morgan fingerprint density at radius 2 is 1.86 bits per heavy atom. The number of nitrogens with two attached hydrogens (primary N) is 1. The van der Waals surface area contributed by atoms with Crippen molar-refractivity contribution >= 4 is 23.3 Å². The van der Waals surface area contributed by atoms with Gasteiger partial charge in [-0.25, -0.2) is 13.9 Å². The minimum atomic E-state index is -4.83. The van der Waals surface area contributed by atoms with E-state index >= 15 is 0 Å². The summed E-state index contributed by atoms with van der Waals surface area (Å²) in [6, 6.07) is 10.9. The highest BCUT2D eigenvalue weighted by atomic mass is 19.4. The van der Waals surface area contributed by atoms with E-state index in [0.29, 0.717) is 22.3 Å². The predicted molar refractivity (Wildman–Crippen MR) is 117 cm³/mol. The second-order valence-electron chi connectivity index (χ2n) is 7.40. The number of primary amides is 1. The van der Waals surface area contributed by atoms with E-state index in [1.165, 1.54) is 41.0 Å². The van der Waals surface area contributed by atoms with Crippen molar-refractivity contribution in [1.82, 2.24) is 14.6 Å². The van der Waals surface area contributed by atoms with Crippen LogP contribution in [0.5, 0.6) is 5.75 Å². The molecule has 0 fully saturated rings. The molecule has 0 bridgehead atoms. The van der Waals surface area contributed by atoms with Crippen LogP contribution in [-0.4, -0.2) is 32.8 Å². The molecular weight excluding hydrogens is 470 g/mol. The maximum atomic E-state index is 13.1. The quantitative estimate of drug-likeness (QED) is 0.382. The average Bonchev–Trinajstić information content (AvgIpc) is 3.16. The summed E-state index contributed by atoms with van der Waals surface area (Å²) in [5, 5.41) is 6.98. The van der Waals surface area contributed by atoms with Crippen LogP contribution in [-0.2, 0) is 17.9 Å². The first-order valence-electron chi connectivity index (χ1n) is 10.1. The van der Waals surface area contributed by atoms with E-state index in [1.54, 1.807) is 12.3 Å². The Morgan fingerprint density at radius 1 is 1.11 bits per heavy atom. The maximum Gasteiger partial charge on any atom is 0.573 e. The largest absolute Gasteiger partial charge is 0.573 e. The highest BCUT2D eigenvalue weighted by Gasteiger charge is 2.31. The molecule has 0 atom stereocenters. The van der Waals surface area contributed by atoms with Gasteiger partial charge < -0.3 is 15.8 Å². The van der Waals surface area contributed by atoms with Crippen LogP contribution >= 0.6 is 0 Å². The van der Waals surface area contributed by atoms with Crippen molar-refractivity contribution in [2.45, 2.75) is 19.5 Å². The number of alkyl halides is 4. The molecule has 2 heterocycles. The van der Waals surface area contributed by atoms with Crippen LogP contribution in [0.15, 0.2) is 60.9 Å². The lowest BCUT2D eigenvalue weighted by atomic mass is 10.0. The number of halogens is 4. The fourth-order valence-electron chi connectivity index (χ4n) is 3.50. The molecule has 0 aliphatic heterocycles. The molecule has 4 aromatic rings. The molecule has 8 nitrogen and oxygen atoms in total. The Bertz CT molecular complexity index is 1400. The minimum Gasteiger partial charge on any atom is -0.406 e. The zero-order valence-corrected chi connectivity index (χ0v) is 17.8. The Hall–Kier alpha value is -4.48. The van der Waals surface area contributed by atoms with E-state index in [4.69, 9.17) is 5.73 Å². The summed E-state index contributed by atoms with van der Waals surface area (Å²) in [4.78, 5) is 28.6. The van der Waals surface area contributed by atoms with Gasteiger partial charge in [0, 0.05) is 18.0 Å². The molecule has 35 heavy (non-hydrogen) atoms. The molecule has 0 spiro atoms. The number of amides is 2. The first-order chi connectivity index (χ1) is 16.6. The third kappa shape index (κ3) is 5.37. The number of nitrogens with one attached hydrogen (secondary N) is 1. The number of anilines is 1. The van der Waals surface area contributed by atoms with Crippen LogP contribution in [0.2, 0.25) is 0 Å². The van der Waals surface area contributed by atoms with E-state index in [2.05, 4.69) is 20.1 Å². The molecule has 2 aromatic carbocycles. The van der Waals surface area contributed by atoms with Gasteiger partial charge in [0.05, 0.1) is 12.0 Å². The third-order valence-electron chi connectivity index (χ3n) is 4.98. The molecule has 3 N–H and O–H groups in total. The Morgan fingerprint density at radius 3 is 2.51 bits per heavy atom. The lowest BCUT2D eigenvalue weighted by Gasteiger charge is -2.10. The molecule has 0 aliphatic rings. The van der Waals surface area contributed by atoms with Crippen LogP contribution in [0.4, 0.5) is 23.4 Å². The van der Waals surface area contributed by atoms with Gasteiger partial charge in [-0.2, -0.15) is 0 Å². The zero-order chi connectivity index (χ0) is 25.2. The van der Waals surface area contributed by atoms with Gasteiger partial charge in [-0.3, -0.25) is 9.59 Å². The van der Waals surface area contributed by atoms with E-state index < -0.39 is 30.6 Å². The summed E-state index contributed by atoms with van der Waals surface area (Å²) >= 11 is 0. The number of ether oxygens (including phenoxy) is 1. The van der Waals surface area contributed by atoms with Gasteiger partial charge in [0.15, 0.2) is 11.5 Å². The second kappa shape index (κ2) is 9.41. The Balaban J connectivity index is 1.63. The molecule has 180 valence electrons. The third-order valence-corrected chi connectivity index (χ3v) is 4.98. The number of benzene rings is 2. The van der Waals surface area contributed by atoms with Crippen LogP contribution in [0.3, 0.4) is 0 Å². The van der Waals surface area contributed by atoms with Gasteiger partial charge in [-0.1, -0.05) is 24.3 Å². The number of rotatable bonds is 7. The van der Waals surface area contributed by atoms with Crippen molar-refractivity contribution in [3.8, 4) is 16.9 Å². The normalized spacial score (nSPS) is 11.4. The van der Waals surface area contributed by atoms with Crippen molar-refractivity contribution in [1.29, 1.82) is 0 Å². The van der Waals surface area contributed by atoms with Crippen molar-refractivity contribution in [2.24, 2.45) is 5.73 Å². The summed E-state index contributed by atoms with van der Waals surface area (Å²) in [5.74, 6) is -1.60. The summed E-state index contributed by atoms with van der Waals surface area (Å²) in [6.45, 7) is -0.880. The number of hydrogen-bond donors (Lipinski definition) is 2. The average molecular weight is 487 g/mol. The molecule has 0 aliphatic carbocycles. The number of nitrogens with zero attached hydrogens (tertiary/aromatic N) is 3. The van der Waals surface area contributed by atoms with Crippen LogP contribution in [0.1, 0.15) is 21.5 Å². The van der Waals surface area contributed by atoms with Crippen molar-refractivity contribution in [3.05, 3.63) is 77.6 Å². The first kappa shape index (κ1) is 23.7. The summed E-state index contributed by atoms with van der Waals surface area (Å²) < 4.78 is 55.8. The number of hydrogen-bond acceptors (Lipinski definition) is 5. The van der Waals surface area contributed by atoms with E-state index in [0.717, 1.165) is 12.1 Å². The van der Waals surface area contributed by atoms with E-state index in [-0.39, 0.29) is 23.4 Å². The predicted octanol–water partition coefficient (Wildman–Crippen LogP) is 4.04. The summed E-state index contributed by atoms with van der Waals surface area (Å²) in [5.41, 5.74) is 6.98. The van der Waals surface area contributed by atoms with E-state index in [9.17, 15) is 27.2 Å². The van der Waals surface area contributed by atoms with Gasteiger partial charge >= 0.3 is 6.36 Å². The highest BCUT2D eigenvalue weighted by molar-refractivity contribution is 5.99. The number of fused-ring (bicyclic) bond motifs is 1.